The van der Waals surface area contributed by atoms with E-state index in [0.717, 1.165) is 35.3 Å². The highest BCUT2D eigenvalue weighted by atomic mass is 16.3. The number of carbonyl (C=O) groups is 2. The Morgan fingerprint density at radius 1 is 1.31 bits per heavy atom. The summed E-state index contributed by atoms with van der Waals surface area (Å²) in [5.74, 6) is 0.579. The van der Waals surface area contributed by atoms with Crippen LogP contribution in [0.3, 0.4) is 0 Å². The molecule has 0 radical (unpaired) electrons. The highest BCUT2D eigenvalue weighted by Gasteiger charge is 2.50. The molecule has 3 aliphatic heterocycles. The van der Waals surface area contributed by atoms with Crippen molar-refractivity contribution in [1.29, 1.82) is 0 Å². The quantitative estimate of drug-likeness (QED) is 0.641. The summed E-state index contributed by atoms with van der Waals surface area (Å²) in [7, 11) is 0. The summed E-state index contributed by atoms with van der Waals surface area (Å²) in [4.78, 5) is 24.7. The minimum absolute atomic E-state index is 0.0799. The van der Waals surface area contributed by atoms with Gasteiger partial charge < -0.3 is 16.2 Å². The zero-order chi connectivity index (χ0) is 18.1. The van der Waals surface area contributed by atoms with Crippen LogP contribution in [0.15, 0.2) is 18.2 Å². The molecule has 4 bridgehead atoms. The molecule has 26 heavy (non-hydrogen) atoms. The molecule has 3 atom stereocenters. The molecule has 7 heteroatoms. The summed E-state index contributed by atoms with van der Waals surface area (Å²) >= 11 is 0. The third kappa shape index (κ3) is 2.41. The number of nitrogens with zero attached hydrogens (tertiary/aromatic N) is 1. The summed E-state index contributed by atoms with van der Waals surface area (Å²) in [5, 5.41) is 17.9. The van der Waals surface area contributed by atoms with Crippen LogP contribution in [0, 0.1) is 11.8 Å². The Hall–Kier alpha value is -2.12. The fourth-order valence-corrected chi connectivity index (χ4v) is 5.82. The highest BCUT2D eigenvalue weighted by molar-refractivity contribution is 6.01. The van der Waals surface area contributed by atoms with Gasteiger partial charge in [0, 0.05) is 22.9 Å². The molecule has 2 amide bonds. The molecule has 1 aromatic carbocycles. The van der Waals surface area contributed by atoms with Crippen LogP contribution in [-0.4, -0.2) is 40.1 Å². The molecule has 0 spiro atoms. The number of nitrogens with two attached hydrogens (primary N) is 1. The number of primary amides is 1. The van der Waals surface area contributed by atoms with E-state index in [1.807, 2.05) is 12.1 Å². The van der Waals surface area contributed by atoms with E-state index in [1.165, 1.54) is 19.3 Å². The highest BCUT2D eigenvalue weighted by Crippen LogP contribution is 2.49. The number of fused-ring (bicyclic) bond motifs is 1. The molecule has 4 fully saturated rings. The van der Waals surface area contributed by atoms with Crippen molar-refractivity contribution in [2.75, 3.05) is 11.9 Å². The van der Waals surface area contributed by atoms with Gasteiger partial charge in [0.1, 0.15) is 6.54 Å². The van der Waals surface area contributed by atoms with Crippen LogP contribution in [0.25, 0.3) is 0 Å². The zero-order valence-corrected chi connectivity index (χ0v) is 14.6. The van der Waals surface area contributed by atoms with Gasteiger partial charge in [-0.05, 0) is 62.1 Å². The molecule has 7 nitrogen and oxygen atoms in total. The summed E-state index contributed by atoms with van der Waals surface area (Å²) in [6.45, 7) is -0.284. The van der Waals surface area contributed by atoms with Gasteiger partial charge in [-0.25, -0.2) is 0 Å². The summed E-state index contributed by atoms with van der Waals surface area (Å²) < 4.78 is 0. The average molecular weight is 356 g/mol. The van der Waals surface area contributed by atoms with Crippen LogP contribution in [0.4, 0.5) is 5.69 Å². The third-order valence-electron chi connectivity index (χ3n) is 6.48. The van der Waals surface area contributed by atoms with Gasteiger partial charge in [0.05, 0.1) is 5.66 Å². The monoisotopic (exact) mass is 356 g/mol. The third-order valence-corrected chi connectivity index (χ3v) is 6.48. The molecular weight excluding hydrogens is 332 g/mol. The lowest BCUT2D eigenvalue weighted by atomic mass is 9.62. The average Bonchev–Trinajstić information content (AvgIpc) is 2.77. The van der Waals surface area contributed by atoms with Crippen LogP contribution < -0.4 is 16.4 Å². The smallest absolute Gasteiger partial charge is 0.257 e. The van der Waals surface area contributed by atoms with Crippen molar-refractivity contribution >= 4 is 17.5 Å². The zero-order valence-electron chi connectivity index (χ0n) is 14.6. The van der Waals surface area contributed by atoms with Crippen molar-refractivity contribution in [3.63, 3.8) is 0 Å². The van der Waals surface area contributed by atoms with E-state index in [0.29, 0.717) is 17.2 Å². The van der Waals surface area contributed by atoms with Crippen molar-refractivity contribution in [2.45, 2.75) is 50.0 Å². The Morgan fingerprint density at radius 3 is 2.69 bits per heavy atom. The first-order chi connectivity index (χ1) is 12.4. The van der Waals surface area contributed by atoms with Crippen molar-refractivity contribution in [2.24, 2.45) is 17.6 Å². The molecule has 1 aromatic rings. The lowest BCUT2D eigenvalue weighted by Crippen LogP contribution is -2.67. The minimum atomic E-state index is -1.13. The Morgan fingerprint density at radius 2 is 2.04 bits per heavy atom. The molecule has 6 rings (SSSR count). The standard InChI is InChI=1S/C19H24N4O3/c20-16(24)9-23-17(25)14-2-1-12(6-15(14)18(23)26)21-19-7-10-3-11(8-19)5-13(4-10)22-19/h1-2,6,10-11,13,18,21-22,26H,3-5,7-9H2,(H2,20,24). The van der Waals surface area contributed by atoms with Gasteiger partial charge in [0.2, 0.25) is 5.91 Å². The molecule has 3 unspecified atom stereocenters. The van der Waals surface area contributed by atoms with Crippen LogP contribution in [0.1, 0.15) is 54.3 Å². The van der Waals surface area contributed by atoms with E-state index < -0.39 is 12.1 Å². The Bertz CT molecular complexity index is 758. The summed E-state index contributed by atoms with van der Waals surface area (Å²) in [6, 6.07) is 6.04. The molecule has 138 valence electrons. The van der Waals surface area contributed by atoms with Gasteiger partial charge in [-0.2, -0.15) is 0 Å². The first kappa shape index (κ1) is 16.1. The Kier molecular flexibility index (Phi) is 3.36. The molecular formula is C19H24N4O3. The number of amides is 2. The number of carbonyl (C=O) groups excluding carboxylic acids is 2. The molecule has 3 heterocycles. The Balaban J connectivity index is 1.41. The lowest BCUT2D eigenvalue weighted by molar-refractivity contribution is -0.120. The molecule has 2 saturated heterocycles. The summed E-state index contributed by atoms with van der Waals surface area (Å²) in [5.41, 5.74) is 6.97. The molecule has 2 saturated carbocycles. The summed E-state index contributed by atoms with van der Waals surface area (Å²) in [6.07, 6.45) is 5.01. The van der Waals surface area contributed by atoms with E-state index in [1.54, 1.807) is 6.07 Å². The number of benzene rings is 1. The number of aliphatic hydroxyl groups is 1. The number of aliphatic hydroxyl groups excluding tert-OH is 1. The first-order valence-electron chi connectivity index (χ1n) is 9.40. The van der Waals surface area contributed by atoms with Gasteiger partial charge >= 0.3 is 0 Å². The predicted octanol–water partition coefficient (Wildman–Crippen LogP) is 0.909. The first-order valence-corrected chi connectivity index (χ1v) is 9.40. The molecule has 5 N–H and O–H groups in total. The van der Waals surface area contributed by atoms with Crippen LogP contribution in [-0.2, 0) is 4.79 Å². The number of hydrogen-bond donors (Lipinski definition) is 4. The molecule has 2 aliphatic carbocycles. The fraction of sp³-hybridized carbons (Fsp3) is 0.579. The number of nitrogens with one attached hydrogen (secondary N) is 2. The van der Waals surface area contributed by atoms with Gasteiger partial charge in [0.25, 0.3) is 5.91 Å². The van der Waals surface area contributed by atoms with Crippen molar-refractivity contribution in [3.05, 3.63) is 29.3 Å². The van der Waals surface area contributed by atoms with Crippen molar-refractivity contribution in [3.8, 4) is 0 Å². The maximum atomic E-state index is 12.4. The van der Waals surface area contributed by atoms with Gasteiger partial charge in [-0.15, -0.1) is 0 Å². The lowest BCUT2D eigenvalue weighted by Gasteiger charge is -2.58. The normalized spacial score (nSPS) is 37.1. The maximum Gasteiger partial charge on any atom is 0.257 e. The van der Waals surface area contributed by atoms with E-state index in [2.05, 4.69) is 10.6 Å². The van der Waals surface area contributed by atoms with Gasteiger partial charge in [-0.3, -0.25) is 19.8 Å². The number of rotatable bonds is 4. The fourth-order valence-electron chi connectivity index (χ4n) is 5.82. The van der Waals surface area contributed by atoms with Crippen LogP contribution in [0.5, 0.6) is 0 Å². The number of hydrogen-bond acceptors (Lipinski definition) is 5. The second-order valence-electron chi connectivity index (χ2n) is 8.47. The van der Waals surface area contributed by atoms with E-state index >= 15 is 0 Å². The second-order valence-corrected chi connectivity index (χ2v) is 8.47. The minimum Gasteiger partial charge on any atom is -0.369 e. The van der Waals surface area contributed by atoms with Crippen LogP contribution >= 0.6 is 0 Å². The molecule has 5 aliphatic rings. The van der Waals surface area contributed by atoms with Gasteiger partial charge in [0.15, 0.2) is 6.23 Å². The van der Waals surface area contributed by atoms with E-state index in [4.69, 9.17) is 5.73 Å². The largest absolute Gasteiger partial charge is 0.369 e. The van der Waals surface area contributed by atoms with Gasteiger partial charge in [-0.1, -0.05) is 0 Å². The number of anilines is 1. The molecule has 0 aromatic heterocycles. The van der Waals surface area contributed by atoms with E-state index in [9.17, 15) is 14.7 Å². The van der Waals surface area contributed by atoms with Crippen molar-refractivity contribution < 1.29 is 14.7 Å². The topological polar surface area (TPSA) is 108 Å². The number of piperidine rings is 2. The SMILES string of the molecule is NC(=O)CN1C(=O)c2ccc(NC34CC5CC(CC(C5)N3)C4)cc2C1O. The van der Waals surface area contributed by atoms with E-state index in [-0.39, 0.29) is 18.1 Å². The second kappa shape index (κ2) is 5.44. The predicted molar refractivity (Wildman–Crippen MR) is 95.0 cm³/mol. The Labute approximate surface area is 151 Å². The van der Waals surface area contributed by atoms with Crippen LogP contribution in [0.2, 0.25) is 0 Å². The van der Waals surface area contributed by atoms with Crippen molar-refractivity contribution in [1.82, 2.24) is 10.2 Å². The maximum absolute atomic E-state index is 12.4.